The van der Waals surface area contributed by atoms with Crippen LogP contribution in [-0.2, 0) is 12.4 Å². The molecule has 1 atom stereocenters. The predicted octanol–water partition coefficient (Wildman–Crippen LogP) is 3.21. The molecular formula is C15H23ClN4. The van der Waals surface area contributed by atoms with Crippen molar-refractivity contribution in [1.82, 2.24) is 19.4 Å². The molecule has 4 nitrogen and oxygen atoms in total. The number of rotatable bonds is 6. The first-order chi connectivity index (χ1) is 9.56. The van der Waals surface area contributed by atoms with Gasteiger partial charge in [0.15, 0.2) is 5.65 Å². The summed E-state index contributed by atoms with van der Waals surface area (Å²) in [5, 5.41) is 0. The summed E-state index contributed by atoms with van der Waals surface area (Å²) in [7, 11) is 2.16. The maximum Gasteiger partial charge on any atom is 0.160 e. The molecule has 0 saturated carbocycles. The number of likely N-dealkylation sites (N-methyl/N-ethyl adjacent to an activating group) is 1. The Hall–Kier alpha value is -1.13. The third kappa shape index (κ3) is 3.13. The number of nitrogens with zero attached hydrogens (tertiary/aromatic N) is 4. The van der Waals surface area contributed by atoms with Gasteiger partial charge in [-0.3, -0.25) is 0 Å². The fraction of sp³-hybridized carbons (Fsp3) is 0.600. The first-order valence-electron chi connectivity index (χ1n) is 7.15. The van der Waals surface area contributed by atoms with E-state index in [1.165, 1.54) is 0 Å². The monoisotopic (exact) mass is 294 g/mol. The zero-order valence-electron chi connectivity index (χ0n) is 12.7. The Morgan fingerprint density at radius 3 is 2.75 bits per heavy atom. The highest BCUT2D eigenvalue weighted by Crippen LogP contribution is 2.16. The van der Waals surface area contributed by atoms with Gasteiger partial charge in [-0.2, -0.15) is 0 Å². The molecule has 0 radical (unpaired) electrons. The van der Waals surface area contributed by atoms with E-state index in [1.54, 1.807) is 0 Å². The van der Waals surface area contributed by atoms with Crippen molar-refractivity contribution < 1.29 is 0 Å². The molecule has 1 unspecified atom stereocenters. The normalized spacial score (nSPS) is 13.3. The van der Waals surface area contributed by atoms with Gasteiger partial charge in [0.05, 0.1) is 5.88 Å². The number of aryl methyl sites for hydroxylation is 1. The van der Waals surface area contributed by atoms with Crippen LogP contribution in [0.2, 0.25) is 0 Å². The fourth-order valence-electron chi connectivity index (χ4n) is 2.27. The number of hydrogen-bond acceptors (Lipinski definition) is 3. The largest absolute Gasteiger partial charge is 0.310 e. The molecule has 2 aromatic heterocycles. The molecule has 0 aliphatic carbocycles. The molecule has 0 spiro atoms. The average molecular weight is 295 g/mol. The highest BCUT2D eigenvalue weighted by atomic mass is 35.5. The number of imidazole rings is 1. The van der Waals surface area contributed by atoms with E-state index >= 15 is 0 Å². The summed E-state index contributed by atoms with van der Waals surface area (Å²) < 4.78 is 2.15. The van der Waals surface area contributed by atoms with Crippen LogP contribution in [0.3, 0.4) is 0 Å². The minimum Gasteiger partial charge on any atom is -0.310 e. The van der Waals surface area contributed by atoms with Crippen LogP contribution in [0.25, 0.3) is 11.2 Å². The molecule has 0 fully saturated rings. The SMILES string of the molecule is CCC(C)N(C)CCn1c(CCl)nc2ccc(C)nc21. The molecule has 2 aromatic rings. The van der Waals surface area contributed by atoms with Crippen molar-refractivity contribution in [3.8, 4) is 0 Å². The smallest absolute Gasteiger partial charge is 0.160 e. The Balaban J connectivity index is 2.25. The van der Waals surface area contributed by atoms with Gasteiger partial charge in [-0.1, -0.05) is 6.92 Å². The Kier molecular flexibility index (Phi) is 5.00. The molecule has 0 aliphatic heterocycles. The molecule has 0 bridgehead atoms. The second kappa shape index (κ2) is 6.55. The van der Waals surface area contributed by atoms with Crippen molar-refractivity contribution in [3.05, 3.63) is 23.7 Å². The number of pyridine rings is 1. The van der Waals surface area contributed by atoms with Crippen LogP contribution >= 0.6 is 11.6 Å². The highest BCUT2D eigenvalue weighted by molar-refractivity contribution is 6.16. The number of hydrogen-bond donors (Lipinski definition) is 0. The van der Waals surface area contributed by atoms with Gasteiger partial charge < -0.3 is 9.47 Å². The van der Waals surface area contributed by atoms with E-state index in [9.17, 15) is 0 Å². The molecule has 2 rings (SSSR count). The number of fused-ring (bicyclic) bond motifs is 1. The molecule has 0 aliphatic rings. The number of alkyl halides is 1. The molecule has 0 aromatic carbocycles. The van der Waals surface area contributed by atoms with Gasteiger partial charge >= 0.3 is 0 Å². The maximum absolute atomic E-state index is 6.02. The van der Waals surface area contributed by atoms with Crippen LogP contribution < -0.4 is 0 Å². The number of halogens is 1. The van der Waals surface area contributed by atoms with Crippen LogP contribution in [0, 0.1) is 6.92 Å². The van der Waals surface area contributed by atoms with Crippen LogP contribution in [0.15, 0.2) is 12.1 Å². The van der Waals surface area contributed by atoms with Gasteiger partial charge in [-0.15, -0.1) is 11.6 Å². The van der Waals surface area contributed by atoms with Crippen molar-refractivity contribution in [3.63, 3.8) is 0 Å². The Morgan fingerprint density at radius 1 is 1.35 bits per heavy atom. The zero-order valence-corrected chi connectivity index (χ0v) is 13.5. The highest BCUT2D eigenvalue weighted by Gasteiger charge is 2.13. The molecule has 0 N–H and O–H groups in total. The Morgan fingerprint density at radius 2 is 2.10 bits per heavy atom. The van der Waals surface area contributed by atoms with Gasteiger partial charge in [-0.25, -0.2) is 9.97 Å². The minimum atomic E-state index is 0.419. The third-order valence-electron chi connectivity index (χ3n) is 3.95. The van der Waals surface area contributed by atoms with E-state index in [0.29, 0.717) is 11.9 Å². The summed E-state index contributed by atoms with van der Waals surface area (Å²) in [6, 6.07) is 4.59. The third-order valence-corrected chi connectivity index (χ3v) is 4.19. The van der Waals surface area contributed by atoms with Gasteiger partial charge in [0.25, 0.3) is 0 Å². The topological polar surface area (TPSA) is 34.0 Å². The van der Waals surface area contributed by atoms with Gasteiger partial charge in [0.2, 0.25) is 0 Å². The summed E-state index contributed by atoms with van der Waals surface area (Å²) in [5.41, 5.74) is 2.88. The van der Waals surface area contributed by atoms with E-state index in [0.717, 1.165) is 42.2 Å². The Bertz CT molecular complexity index is 579. The summed E-state index contributed by atoms with van der Waals surface area (Å²) in [6.07, 6.45) is 1.15. The summed E-state index contributed by atoms with van der Waals surface area (Å²) in [6.45, 7) is 8.30. The second-order valence-corrected chi connectivity index (χ2v) is 5.61. The minimum absolute atomic E-state index is 0.419. The summed E-state index contributed by atoms with van der Waals surface area (Å²) in [4.78, 5) is 11.5. The lowest BCUT2D eigenvalue weighted by molar-refractivity contribution is 0.242. The molecule has 110 valence electrons. The first-order valence-corrected chi connectivity index (χ1v) is 7.69. The second-order valence-electron chi connectivity index (χ2n) is 5.35. The maximum atomic E-state index is 6.02. The molecule has 0 saturated heterocycles. The van der Waals surface area contributed by atoms with Gasteiger partial charge in [0, 0.05) is 24.8 Å². The van der Waals surface area contributed by atoms with Gasteiger partial charge in [-0.05, 0) is 39.4 Å². The van der Waals surface area contributed by atoms with E-state index in [2.05, 4.69) is 40.3 Å². The lowest BCUT2D eigenvalue weighted by Gasteiger charge is -2.23. The van der Waals surface area contributed by atoms with Crippen molar-refractivity contribution in [2.75, 3.05) is 13.6 Å². The predicted molar refractivity (Wildman–Crippen MR) is 84.2 cm³/mol. The first kappa shape index (κ1) is 15.3. The van der Waals surface area contributed by atoms with Crippen LogP contribution in [-0.4, -0.2) is 39.1 Å². The zero-order chi connectivity index (χ0) is 14.7. The quantitative estimate of drug-likeness (QED) is 0.767. The molecular weight excluding hydrogens is 272 g/mol. The lowest BCUT2D eigenvalue weighted by atomic mass is 10.2. The standard InChI is InChI=1S/C15H23ClN4/c1-5-12(3)19(4)8-9-20-14(10-16)18-13-7-6-11(2)17-15(13)20/h6-7,12H,5,8-10H2,1-4H3. The molecule has 2 heterocycles. The van der Waals surface area contributed by atoms with E-state index in [-0.39, 0.29) is 0 Å². The van der Waals surface area contributed by atoms with Crippen LogP contribution in [0.5, 0.6) is 0 Å². The van der Waals surface area contributed by atoms with Crippen LogP contribution in [0.1, 0.15) is 31.8 Å². The van der Waals surface area contributed by atoms with E-state index in [1.807, 2.05) is 19.1 Å². The summed E-state index contributed by atoms with van der Waals surface area (Å²) in [5.74, 6) is 1.32. The van der Waals surface area contributed by atoms with Crippen molar-refractivity contribution >= 4 is 22.8 Å². The molecule has 20 heavy (non-hydrogen) atoms. The van der Waals surface area contributed by atoms with E-state index < -0.39 is 0 Å². The fourth-order valence-corrected chi connectivity index (χ4v) is 2.47. The average Bonchev–Trinajstić information content (AvgIpc) is 2.80. The molecule has 0 amide bonds. The lowest BCUT2D eigenvalue weighted by Crippen LogP contribution is -2.31. The van der Waals surface area contributed by atoms with E-state index in [4.69, 9.17) is 11.6 Å². The van der Waals surface area contributed by atoms with Crippen molar-refractivity contribution in [1.29, 1.82) is 0 Å². The summed E-state index contributed by atoms with van der Waals surface area (Å²) >= 11 is 6.02. The molecule has 5 heteroatoms. The number of aromatic nitrogens is 3. The van der Waals surface area contributed by atoms with Crippen LogP contribution in [0.4, 0.5) is 0 Å². The Labute approximate surface area is 125 Å². The van der Waals surface area contributed by atoms with Crippen molar-refractivity contribution in [2.24, 2.45) is 0 Å². The van der Waals surface area contributed by atoms with Gasteiger partial charge in [0.1, 0.15) is 11.3 Å². The van der Waals surface area contributed by atoms with Crippen molar-refractivity contribution in [2.45, 2.75) is 45.7 Å².